The van der Waals surface area contributed by atoms with Crippen molar-refractivity contribution in [2.45, 2.75) is 0 Å². The van der Waals surface area contributed by atoms with Crippen molar-refractivity contribution in [1.82, 2.24) is 9.97 Å². The fraction of sp³-hybridized carbons (Fsp3) is 0.333. The predicted octanol–water partition coefficient (Wildman–Crippen LogP) is 0.329. The summed E-state index contributed by atoms with van der Waals surface area (Å²) in [5.74, 6) is 0.460. The maximum Gasteiger partial charge on any atom is 0.270 e. The first kappa shape index (κ1) is 14.1. The fourth-order valence-corrected chi connectivity index (χ4v) is 1.96. The van der Waals surface area contributed by atoms with Gasteiger partial charge in [0.15, 0.2) is 0 Å². The summed E-state index contributed by atoms with van der Waals surface area (Å²) in [6.07, 6.45) is 1.35. The summed E-state index contributed by atoms with van der Waals surface area (Å²) in [7, 11) is 0. The number of rotatable bonds is 6. The first-order valence-electron chi connectivity index (χ1n) is 6.03. The van der Waals surface area contributed by atoms with E-state index in [-0.39, 0.29) is 32.0 Å². The van der Waals surface area contributed by atoms with Gasteiger partial charge in [-0.05, 0) is 6.07 Å². The molecule has 0 unspecified atom stereocenters. The second-order valence-corrected chi connectivity index (χ2v) is 4.09. The van der Waals surface area contributed by atoms with Crippen molar-refractivity contribution in [2.75, 3.05) is 31.2 Å². The number of hydrogen-bond acceptors (Lipinski definition) is 7. The number of hydrogen-bond donors (Lipinski definition) is 2. The molecule has 2 aromatic rings. The number of anilines is 1. The van der Waals surface area contributed by atoms with Gasteiger partial charge in [0.2, 0.25) is 0 Å². The third-order valence-electron chi connectivity index (χ3n) is 2.85. The Labute approximate surface area is 114 Å². The van der Waals surface area contributed by atoms with Gasteiger partial charge >= 0.3 is 0 Å². The third kappa shape index (κ3) is 2.81. The van der Waals surface area contributed by atoms with Crippen LogP contribution in [0.25, 0.3) is 10.9 Å². The van der Waals surface area contributed by atoms with Gasteiger partial charge in [0, 0.05) is 30.6 Å². The molecule has 1 heterocycles. The highest BCUT2D eigenvalue weighted by molar-refractivity contribution is 5.91. The summed E-state index contributed by atoms with van der Waals surface area (Å²) in [5, 5.41) is 29.5. The van der Waals surface area contributed by atoms with E-state index >= 15 is 0 Å². The molecule has 0 radical (unpaired) electrons. The molecule has 0 amide bonds. The molecule has 0 saturated heterocycles. The second kappa shape index (κ2) is 6.22. The topological polar surface area (TPSA) is 113 Å². The second-order valence-electron chi connectivity index (χ2n) is 4.09. The minimum Gasteiger partial charge on any atom is -0.395 e. The molecular weight excluding hydrogens is 264 g/mol. The highest BCUT2D eigenvalue weighted by atomic mass is 16.6. The lowest BCUT2D eigenvalue weighted by Crippen LogP contribution is -2.30. The van der Waals surface area contributed by atoms with Crippen molar-refractivity contribution in [3.63, 3.8) is 0 Å². The Morgan fingerprint density at radius 3 is 2.50 bits per heavy atom. The van der Waals surface area contributed by atoms with Gasteiger partial charge in [-0.15, -0.1) is 0 Å². The van der Waals surface area contributed by atoms with Gasteiger partial charge in [-0.1, -0.05) is 0 Å². The number of aliphatic hydroxyl groups is 2. The average Bonchev–Trinajstić information content (AvgIpc) is 2.46. The largest absolute Gasteiger partial charge is 0.395 e. The molecule has 1 aromatic heterocycles. The summed E-state index contributed by atoms with van der Waals surface area (Å²) in [5.41, 5.74) is 0.517. The molecule has 0 atom stereocenters. The van der Waals surface area contributed by atoms with Crippen molar-refractivity contribution >= 4 is 22.4 Å². The Bertz CT molecular complexity index is 613. The van der Waals surface area contributed by atoms with Gasteiger partial charge in [-0.25, -0.2) is 9.97 Å². The normalized spacial score (nSPS) is 10.7. The molecule has 0 saturated carbocycles. The summed E-state index contributed by atoms with van der Waals surface area (Å²) in [6.45, 7) is 0.325. The molecule has 0 fully saturated rings. The lowest BCUT2D eigenvalue weighted by Gasteiger charge is -2.22. The number of nitrogens with zero attached hydrogens (tertiary/aromatic N) is 4. The highest BCUT2D eigenvalue weighted by Crippen LogP contribution is 2.26. The van der Waals surface area contributed by atoms with E-state index in [4.69, 9.17) is 10.2 Å². The molecule has 2 rings (SSSR count). The van der Waals surface area contributed by atoms with Crippen molar-refractivity contribution < 1.29 is 15.1 Å². The molecule has 0 bridgehead atoms. The van der Waals surface area contributed by atoms with Gasteiger partial charge in [-0.3, -0.25) is 10.1 Å². The van der Waals surface area contributed by atoms with Crippen molar-refractivity contribution in [3.05, 3.63) is 34.6 Å². The molecule has 8 heteroatoms. The Balaban J connectivity index is 2.55. The van der Waals surface area contributed by atoms with Crippen molar-refractivity contribution in [3.8, 4) is 0 Å². The van der Waals surface area contributed by atoms with Crippen LogP contribution >= 0.6 is 0 Å². The van der Waals surface area contributed by atoms with E-state index in [0.717, 1.165) is 0 Å². The van der Waals surface area contributed by atoms with Crippen LogP contribution in [-0.4, -0.2) is 51.4 Å². The molecule has 0 aliphatic carbocycles. The Morgan fingerprint density at radius 1 is 1.20 bits per heavy atom. The molecule has 0 aliphatic heterocycles. The zero-order valence-corrected chi connectivity index (χ0v) is 10.6. The molecule has 8 nitrogen and oxygen atoms in total. The standard InChI is InChI=1S/C12H14N4O4/c17-5-3-15(4-6-18)12-10-7-9(16(19)20)1-2-11(10)13-8-14-12/h1-2,7-8,17-18H,3-6H2. The quantitative estimate of drug-likeness (QED) is 0.578. The number of non-ortho nitro benzene ring substituents is 1. The Hall–Kier alpha value is -2.32. The zero-order chi connectivity index (χ0) is 14.5. The molecule has 0 aliphatic rings. The van der Waals surface area contributed by atoms with Crippen LogP contribution in [0, 0.1) is 10.1 Å². The molecule has 1 aromatic carbocycles. The number of aromatic nitrogens is 2. The maximum atomic E-state index is 10.8. The van der Waals surface area contributed by atoms with Crippen LogP contribution < -0.4 is 4.90 Å². The van der Waals surface area contributed by atoms with E-state index in [9.17, 15) is 10.1 Å². The zero-order valence-electron chi connectivity index (χ0n) is 10.6. The summed E-state index contributed by atoms with van der Waals surface area (Å²) >= 11 is 0. The van der Waals surface area contributed by atoms with Gasteiger partial charge in [0.05, 0.1) is 23.7 Å². The number of aliphatic hydroxyl groups excluding tert-OH is 2. The molecule has 0 spiro atoms. The van der Waals surface area contributed by atoms with Crippen LogP contribution in [-0.2, 0) is 0 Å². The van der Waals surface area contributed by atoms with E-state index in [1.54, 1.807) is 11.0 Å². The average molecular weight is 278 g/mol. The molecule has 106 valence electrons. The molecular formula is C12H14N4O4. The van der Waals surface area contributed by atoms with Gasteiger partial charge in [-0.2, -0.15) is 0 Å². The van der Waals surface area contributed by atoms with E-state index in [1.807, 2.05) is 0 Å². The van der Waals surface area contributed by atoms with Gasteiger partial charge < -0.3 is 15.1 Å². The SMILES string of the molecule is O=[N+]([O-])c1ccc2ncnc(N(CCO)CCO)c2c1. The summed E-state index contributed by atoms with van der Waals surface area (Å²) in [4.78, 5) is 20.2. The smallest absolute Gasteiger partial charge is 0.270 e. The predicted molar refractivity (Wildman–Crippen MR) is 72.6 cm³/mol. The summed E-state index contributed by atoms with van der Waals surface area (Å²) < 4.78 is 0. The van der Waals surface area contributed by atoms with Crippen molar-refractivity contribution in [1.29, 1.82) is 0 Å². The number of nitro groups is 1. The van der Waals surface area contributed by atoms with Gasteiger partial charge in [0.25, 0.3) is 5.69 Å². The highest BCUT2D eigenvalue weighted by Gasteiger charge is 2.15. The van der Waals surface area contributed by atoms with Crippen LogP contribution in [0.4, 0.5) is 11.5 Å². The van der Waals surface area contributed by atoms with Crippen molar-refractivity contribution in [2.24, 2.45) is 0 Å². The first-order chi connectivity index (χ1) is 9.67. The number of nitro benzene ring substituents is 1. The van der Waals surface area contributed by atoms with Crippen LogP contribution in [0.2, 0.25) is 0 Å². The van der Waals surface area contributed by atoms with Crippen LogP contribution in [0.1, 0.15) is 0 Å². The minimum absolute atomic E-state index is 0.0542. The molecule has 2 N–H and O–H groups in total. The first-order valence-corrected chi connectivity index (χ1v) is 6.03. The lowest BCUT2D eigenvalue weighted by molar-refractivity contribution is -0.384. The Kier molecular flexibility index (Phi) is 4.38. The van der Waals surface area contributed by atoms with E-state index in [0.29, 0.717) is 16.7 Å². The van der Waals surface area contributed by atoms with Crippen LogP contribution in [0.3, 0.4) is 0 Å². The van der Waals surface area contributed by atoms with Crippen LogP contribution in [0.15, 0.2) is 24.5 Å². The number of fused-ring (bicyclic) bond motifs is 1. The fourth-order valence-electron chi connectivity index (χ4n) is 1.96. The van der Waals surface area contributed by atoms with E-state index in [2.05, 4.69) is 9.97 Å². The third-order valence-corrected chi connectivity index (χ3v) is 2.85. The lowest BCUT2D eigenvalue weighted by atomic mass is 10.2. The minimum atomic E-state index is -0.487. The van der Waals surface area contributed by atoms with E-state index in [1.165, 1.54) is 18.5 Å². The van der Waals surface area contributed by atoms with Crippen LogP contribution in [0.5, 0.6) is 0 Å². The van der Waals surface area contributed by atoms with E-state index < -0.39 is 4.92 Å². The number of benzene rings is 1. The molecule has 20 heavy (non-hydrogen) atoms. The maximum absolute atomic E-state index is 10.8. The summed E-state index contributed by atoms with van der Waals surface area (Å²) in [6, 6.07) is 4.32. The van der Waals surface area contributed by atoms with Gasteiger partial charge in [0.1, 0.15) is 12.1 Å². The monoisotopic (exact) mass is 278 g/mol. The Morgan fingerprint density at radius 2 is 1.90 bits per heavy atom.